The molecule has 0 amide bonds. The van der Waals surface area contributed by atoms with Gasteiger partial charge in [0.1, 0.15) is 40.5 Å². The van der Waals surface area contributed by atoms with Crippen LogP contribution >= 0.6 is 0 Å². The fourth-order valence-corrected chi connectivity index (χ4v) is 8.14. The summed E-state index contributed by atoms with van der Waals surface area (Å²) in [5.41, 5.74) is -1.46. The van der Waals surface area contributed by atoms with Gasteiger partial charge in [0, 0.05) is 46.6 Å². The van der Waals surface area contributed by atoms with Crippen LogP contribution in [-0.4, -0.2) is 75.8 Å². The average Bonchev–Trinajstić information content (AvgIpc) is 3.29. The first-order valence-electron chi connectivity index (χ1n) is 18.5. The Labute approximate surface area is 500 Å². The number of benzene rings is 6. The molecular weight excluding hydrogens is 1070 g/mol. The summed E-state index contributed by atoms with van der Waals surface area (Å²) in [6.07, 6.45) is 1.95. The van der Waals surface area contributed by atoms with E-state index in [9.17, 15) is 62.3 Å². The van der Waals surface area contributed by atoms with Crippen molar-refractivity contribution >= 4 is 98.1 Å². The molecule has 0 radical (unpaired) electrons. The molecule has 0 aliphatic carbocycles. The van der Waals surface area contributed by atoms with E-state index in [4.69, 9.17) is 9.47 Å². The number of nitrogens with zero attached hydrogens (tertiary/aromatic N) is 8. The van der Waals surface area contributed by atoms with Gasteiger partial charge in [-0.05, 0) is 93.6 Å². The van der Waals surface area contributed by atoms with Crippen molar-refractivity contribution in [3.63, 3.8) is 0 Å². The number of hydrogen-bond acceptors (Lipinski definition) is 22. The van der Waals surface area contributed by atoms with E-state index in [0.717, 1.165) is 60.7 Å². The minimum Gasteiger partial charge on any atom is -0.744 e. The molecule has 0 aromatic heterocycles. The van der Waals surface area contributed by atoms with Gasteiger partial charge < -0.3 is 38.1 Å². The van der Waals surface area contributed by atoms with Crippen LogP contribution in [0.4, 0.5) is 45.5 Å². The Morgan fingerprint density at radius 2 is 0.764 bits per heavy atom. The average molecular weight is 1100 g/mol. The van der Waals surface area contributed by atoms with Crippen LogP contribution < -0.4 is 128 Å². The Hall–Kier alpha value is -3.70. The molecular formula is C40H28N8Na4O16S4. The first kappa shape index (κ1) is 64.4. The fourth-order valence-electron chi connectivity index (χ4n) is 5.74. The molecule has 0 atom stereocenters. The maximum absolute atomic E-state index is 13.2. The summed E-state index contributed by atoms with van der Waals surface area (Å²) in [6.45, 7) is 0. The molecule has 0 aliphatic rings. The quantitative estimate of drug-likeness (QED) is 0.0224. The van der Waals surface area contributed by atoms with Gasteiger partial charge in [-0.2, -0.15) is 20.5 Å². The van der Waals surface area contributed by atoms with Crippen molar-refractivity contribution in [3.05, 3.63) is 143 Å². The summed E-state index contributed by atoms with van der Waals surface area (Å²) >= 11 is 0. The summed E-state index contributed by atoms with van der Waals surface area (Å²) in [7, 11) is -17.7. The second-order valence-electron chi connectivity index (χ2n) is 13.4. The van der Waals surface area contributed by atoms with Crippen molar-refractivity contribution in [3.8, 4) is 11.5 Å². The molecule has 0 aliphatic heterocycles. The van der Waals surface area contributed by atoms with Gasteiger partial charge in [-0.25, -0.2) is 33.7 Å². The van der Waals surface area contributed by atoms with Crippen LogP contribution in [0.2, 0.25) is 0 Å². The minimum absolute atomic E-state index is 0. The van der Waals surface area contributed by atoms with Crippen LogP contribution in [0.5, 0.6) is 11.5 Å². The van der Waals surface area contributed by atoms with Gasteiger partial charge >= 0.3 is 118 Å². The Morgan fingerprint density at radius 1 is 0.431 bits per heavy atom. The Morgan fingerprint density at radius 3 is 1.07 bits per heavy atom. The molecule has 0 spiro atoms. The first-order valence-corrected chi connectivity index (χ1v) is 24.1. The molecule has 6 rings (SSSR count). The number of methoxy groups -OCH3 is 2. The van der Waals surface area contributed by atoms with Gasteiger partial charge in [-0.15, -0.1) is 0 Å². The van der Waals surface area contributed by atoms with E-state index in [-0.39, 0.29) is 185 Å². The van der Waals surface area contributed by atoms with E-state index >= 15 is 0 Å². The molecule has 32 heteroatoms. The largest absolute Gasteiger partial charge is 1.00 e. The third-order valence-corrected chi connectivity index (χ3v) is 12.4. The summed E-state index contributed by atoms with van der Waals surface area (Å²) in [6, 6.07) is 23.0. The van der Waals surface area contributed by atoms with Crippen LogP contribution in [0.1, 0.15) is 11.1 Å². The maximum atomic E-state index is 13.2. The molecule has 24 nitrogen and oxygen atoms in total. The molecule has 0 N–H and O–H groups in total. The van der Waals surface area contributed by atoms with E-state index in [1.54, 1.807) is 0 Å². The maximum Gasteiger partial charge on any atom is 1.00 e. The van der Waals surface area contributed by atoms with E-state index in [1.165, 1.54) is 74.9 Å². The summed E-state index contributed by atoms with van der Waals surface area (Å²) in [4.78, 5) is -2.99. The van der Waals surface area contributed by atoms with Crippen LogP contribution in [0.15, 0.2) is 172 Å². The summed E-state index contributed by atoms with van der Waals surface area (Å²) in [5.74, 6) is -0.0594. The molecule has 72 heavy (non-hydrogen) atoms. The minimum atomic E-state index is -5.34. The van der Waals surface area contributed by atoms with Gasteiger partial charge in [0.25, 0.3) is 0 Å². The van der Waals surface area contributed by atoms with E-state index in [0.29, 0.717) is 12.1 Å². The van der Waals surface area contributed by atoms with Gasteiger partial charge in [-0.1, -0.05) is 24.3 Å². The van der Waals surface area contributed by atoms with Crippen LogP contribution in [0, 0.1) is 10.4 Å². The number of rotatable bonds is 16. The van der Waals surface area contributed by atoms with E-state index < -0.39 is 71.4 Å². The monoisotopic (exact) mass is 1100 g/mol. The zero-order valence-corrected chi connectivity index (χ0v) is 49.7. The third kappa shape index (κ3) is 17.4. The Balaban J connectivity index is 0.00000444. The predicted molar refractivity (Wildman–Crippen MR) is 232 cm³/mol. The second-order valence-corrected chi connectivity index (χ2v) is 18.9. The molecule has 0 fully saturated rings. The van der Waals surface area contributed by atoms with E-state index in [1.807, 2.05) is 0 Å². The van der Waals surface area contributed by atoms with Crippen molar-refractivity contribution in [2.75, 3.05) is 14.2 Å². The molecule has 0 unspecified atom stereocenters. The van der Waals surface area contributed by atoms with Crippen LogP contribution in [-0.2, 0) is 40.5 Å². The zero-order valence-electron chi connectivity index (χ0n) is 38.4. The standard InChI is InChI=1S/C40H32N8O16S4.4Na/c1-63-37-21-29(43-41-27-5-3-7-33(19-27)65(51,52)53)13-17-35(37)45-47(49)31-15-11-25(39(23-31)67(57,58)59)9-10-26-12-16-32(24-40(26)68(60,61)62)48(50)46-36-18-14-30(22-38(36)64-2)44-42-28-6-4-8-34(20-28)66(54,55)56;;;;/h3-24H,1-2H3,(H,51,52,53)(H,54,55,56)(H,57,58,59)(H,60,61,62);;;;/q;4*+1/p-4/b10-9+,43-41?,44-42?,47-45?,48-46?;;;;. The second kappa shape index (κ2) is 27.2. The molecule has 0 heterocycles. The smallest absolute Gasteiger partial charge is 0.744 e. The van der Waals surface area contributed by atoms with Crippen molar-refractivity contribution in [1.82, 2.24) is 0 Å². The number of azo groups is 4. The summed E-state index contributed by atoms with van der Waals surface area (Å²) in [5, 5.41) is 49.7. The van der Waals surface area contributed by atoms with Crippen molar-refractivity contribution in [2.24, 2.45) is 30.7 Å². The molecule has 0 bridgehead atoms. The van der Waals surface area contributed by atoms with Gasteiger partial charge in [0.15, 0.2) is 22.9 Å². The topological polar surface area (TPSA) is 374 Å². The SMILES string of the molecule is COc1cc(N=Nc2cccc(S(=O)(=O)[O-])c2)ccc1N=[N+]([O-])c1ccc(/C=C/c2ccc([N+]([O-])=Nc3ccc(N=Nc4cccc(S(=O)(=O)[O-])c4)cc3OC)cc2S(=O)(=O)[O-])c(S(=O)(=O)[O-])c1.[Na+].[Na+].[Na+].[Na+]. The van der Waals surface area contributed by atoms with Gasteiger partial charge in [0.2, 0.25) is 11.4 Å². The fraction of sp³-hybridized carbons (Fsp3) is 0.0500. The molecule has 6 aromatic rings. The Bertz CT molecular complexity index is 3370. The number of hydrogen-bond donors (Lipinski definition) is 0. The predicted octanol–water partition coefficient (Wildman–Crippen LogP) is -3.81. The van der Waals surface area contributed by atoms with E-state index in [2.05, 4.69) is 30.7 Å². The van der Waals surface area contributed by atoms with Crippen molar-refractivity contribution in [1.29, 1.82) is 0 Å². The van der Waals surface area contributed by atoms with Gasteiger partial charge in [-0.3, -0.25) is 0 Å². The zero-order chi connectivity index (χ0) is 49.6. The first-order chi connectivity index (χ1) is 31.9. The Kier molecular flexibility index (Phi) is 24.3. The molecule has 0 saturated carbocycles. The van der Waals surface area contributed by atoms with Crippen LogP contribution in [0.3, 0.4) is 0 Å². The van der Waals surface area contributed by atoms with Crippen molar-refractivity contribution < 1.29 is 189 Å². The molecule has 0 saturated heterocycles. The molecule has 352 valence electrons. The number of ether oxygens (including phenoxy) is 2. The molecule has 6 aromatic carbocycles. The third-order valence-electron chi connectivity index (χ3n) is 8.92. The van der Waals surface area contributed by atoms with Gasteiger partial charge in [0.05, 0.1) is 56.6 Å². The summed E-state index contributed by atoms with van der Waals surface area (Å²) < 4.78 is 153. The van der Waals surface area contributed by atoms with Crippen molar-refractivity contribution in [2.45, 2.75) is 19.6 Å². The normalized spacial score (nSPS) is 12.4. The van der Waals surface area contributed by atoms with Crippen LogP contribution in [0.25, 0.3) is 12.2 Å².